The first-order valence-corrected chi connectivity index (χ1v) is 16.0. The number of aromatic carboxylic acids is 4. The Morgan fingerprint density at radius 1 is 0.389 bits per heavy atom. The third kappa shape index (κ3) is 19.8. The summed E-state index contributed by atoms with van der Waals surface area (Å²) in [5, 5.41) is 59.1. The third-order valence-electron chi connectivity index (χ3n) is 7.70. The fourth-order valence-electron chi connectivity index (χ4n) is 5.04. The summed E-state index contributed by atoms with van der Waals surface area (Å²) in [6.07, 6.45) is 0. The molecule has 4 aliphatic heterocycles. The van der Waals surface area contributed by atoms with Gasteiger partial charge in [-0.1, -0.05) is 48.5 Å². The topological polar surface area (TPSA) is 440 Å². The van der Waals surface area contributed by atoms with Crippen molar-refractivity contribution in [3.63, 3.8) is 0 Å². The minimum absolute atomic E-state index is 0. The predicted molar refractivity (Wildman–Crippen MR) is 186 cm³/mol. The maximum Gasteiger partial charge on any atom is 0.101 e. The second-order valence-electron chi connectivity index (χ2n) is 11.4. The molecular weight excluding hydrogens is 716 g/mol. The Hall–Kier alpha value is -4.94. The normalized spacial score (nSPS) is 13.8. The van der Waals surface area contributed by atoms with Crippen molar-refractivity contribution in [3.8, 4) is 0 Å². The predicted octanol–water partition coefficient (Wildman–Crippen LogP) is -13.0. The van der Waals surface area contributed by atoms with E-state index in [-0.39, 0.29) is 32.9 Å². The van der Waals surface area contributed by atoms with Crippen molar-refractivity contribution in [2.24, 2.45) is 0 Å². The molecule has 0 saturated carbocycles. The van der Waals surface area contributed by atoms with Crippen LogP contribution in [0.1, 0.15) is 63.7 Å². The lowest BCUT2D eigenvalue weighted by Gasteiger charge is -2.18. The molecule has 3 aromatic carbocycles. The van der Waals surface area contributed by atoms with Gasteiger partial charge in [0.2, 0.25) is 0 Å². The van der Waals surface area contributed by atoms with Gasteiger partial charge < -0.3 is 104 Å². The third-order valence-corrected chi connectivity index (χ3v) is 7.70. The molecule has 0 fully saturated rings. The molecule has 4 heterocycles. The maximum absolute atomic E-state index is 10.6. The van der Waals surface area contributed by atoms with Crippen molar-refractivity contribution in [1.82, 2.24) is 10.6 Å². The summed E-state index contributed by atoms with van der Waals surface area (Å²) in [4.78, 5) is 42.4. The van der Waals surface area contributed by atoms with E-state index in [0.717, 1.165) is 78.5 Å². The van der Waals surface area contributed by atoms with Crippen molar-refractivity contribution in [2.45, 2.75) is 26.2 Å². The van der Waals surface area contributed by atoms with Crippen molar-refractivity contribution < 1.29 is 93.7 Å². The van der Waals surface area contributed by atoms with Crippen LogP contribution in [0.5, 0.6) is 0 Å². The minimum atomic E-state index is -2.00. The minimum Gasteiger partial charge on any atom is -0.545 e. The fraction of sp³-hybridized carbons (Fsp3) is 0.353. The molecule has 306 valence electrons. The van der Waals surface area contributed by atoms with Crippen LogP contribution < -0.4 is 52.3 Å². The summed E-state index contributed by atoms with van der Waals surface area (Å²) < 4.78 is 0. The summed E-state index contributed by atoms with van der Waals surface area (Å²) in [6, 6.07) is 18.9. The molecule has 3 aromatic rings. The number of carbonyl (C=O) groups excluding carboxylic acids is 4. The first-order chi connectivity index (χ1) is 23.2. The maximum atomic E-state index is 10.6. The van der Waals surface area contributed by atoms with Gasteiger partial charge in [0.05, 0.1) is 50.1 Å². The second-order valence-corrected chi connectivity index (χ2v) is 11.4. The smallest absolute Gasteiger partial charge is 0.101 e. The Labute approximate surface area is 311 Å². The van der Waals surface area contributed by atoms with E-state index in [1.54, 1.807) is 0 Å². The van der Waals surface area contributed by atoms with Crippen molar-refractivity contribution >= 4 is 23.9 Å². The van der Waals surface area contributed by atoms with Gasteiger partial charge in [-0.2, -0.15) is 0 Å². The van der Waals surface area contributed by atoms with Gasteiger partial charge in [0.15, 0.2) is 0 Å². The number of nitrogens with one attached hydrogen (secondary N) is 2. The van der Waals surface area contributed by atoms with Gasteiger partial charge in [0.1, 0.15) is 26.2 Å². The van der Waals surface area contributed by atoms with E-state index in [4.69, 9.17) is 0 Å². The lowest BCUT2D eigenvalue weighted by atomic mass is 9.98. The molecule has 20 nitrogen and oxygen atoms in total. The summed E-state index contributed by atoms with van der Waals surface area (Å²) in [7, 11) is 0. The molecule has 7 rings (SSSR count). The Bertz CT molecular complexity index is 1290. The monoisotopic (exact) mass is 772 g/mol. The quantitative estimate of drug-likeness (QED) is 0.145. The number of nitrogens with two attached hydrogens (primary N) is 4. The molecule has 0 radical (unpaired) electrons. The number of carbonyl (C=O) groups is 4. The van der Waals surface area contributed by atoms with Gasteiger partial charge in [0, 0.05) is 70.7 Å². The molecular formula is C34H56N6O14. The fourth-order valence-corrected chi connectivity index (χ4v) is 5.04. The zero-order valence-corrected chi connectivity index (χ0v) is 29.8. The number of carboxylic acid groups (broad SMARTS) is 4. The van der Waals surface area contributed by atoms with E-state index in [1.165, 1.54) is 22.3 Å². The standard InChI is InChI=1S/C24H38N6.C10H6O8.6H2O/c1-2-22-4-3-21(1)17-27-13-9-25-11-15-29-19-23-5-7-24(8-6-23)20-30-16-12-26-10-14-28-18-22;11-7(12)3-1-4(8(13)14)6(10(17)18)2-5(3)9(15)16;;;;;;/h1-8,25-30H,9-20H2;1-2H,(H,11,12)(H,13,14)(H,15,16)(H,17,18);6*1H2. The lowest BCUT2D eigenvalue weighted by molar-refractivity contribution is -0.672. The number of quaternary nitrogens is 4. The molecule has 4 aliphatic rings. The van der Waals surface area contributed by atoms with Crippen LogP contribution in [-0.4, -0.2) is 109 Å². The Morgan fingerprint density at radius 2 is 0.574 bits per heavy atom. The zero-order chi connectivity index (χ0) is 34.7. The summed E-state index contributed by atoms with van der Waals surface area (Å²) in [5.41, 5.74) is 1.54. The van der Waals surface area contributed by atoms with Gasteiger partial charge >= 0.3 is 0 Å². The van der Waals surface area contributed by atoms with Gasteiger partial charge in [-0.15, -0.1) is 0 Å². The summed E-state index contributed by atoms with van der Waals surface area (Å²) in [5.74, 6) is -7.99. The number of hydrogen-bond donors (Lipinski definition) is 6. The van der Waals surface area contributed by atoms with E-state index in [0.29, 0.717) is 12.1 Å². The molecule has 20 heteroatoms. The molecule has 22 N–H and O–H groups in total. The highest BCUT2D eigenvalue weighted by molar-refractivity contribution is 6.07. The lowest BCUT2D eigenvalue weighted by Crippen LogP contribution is -2.85. The highest BCUT2D eigenvalue weighted by Crippen LogP contribution is 2.16. The van der Waals surface area contributed by atoms with Crippen LogP contribution in [0.3, 0.4) is 0 Å². The zero-order valence-electron chi connectivity index (χ0n) is 29.8. The first-order valence-electron chi connectivity index (χ1n) is 16.0. The Balaban J connectivity index is -0.000000458. The molecule has 4 bridgehead atoms. The molecule has 0 spiro atoms. The number of carboxylic acids is 4. The van der Waals surface area contributed by atoms with Crippen LogP contribution in [0.25, 0.3) is 0 Å². The highest BCUT2D eigenvalue weighted by atomic mass is 16.4. The summed E-state index contributed by atoms with van der Waals surface area (Å²) in [6.45, 7) is 13.0. The number of rotatable bonds is 4. The molecule has 0 aliphatic carbocycles. The molecule has 0 unspecified atom stereocenters. The van der Waals surface area contributed by atoms with Crippen LogP contribution in [0, 0.1) is 0 Å². The molecule has 0 atom stereocenters. The van der Waals surface area contributed by atoms with E-state index in [9.17, 15) is 39.6 Å². The van der Waals surface area contributed by atoms with E-state index in [1.807, 2.05) is 0 Å². The van der Waals surface area contributed by atoms with Crippen molar-refractivity contribution in [1.29, 1.82) is 0 Å². The van der Waals surface area contributed by atoms with Crippen molar-refractivity contribution in [3.05, 3.63) is 105 Å². The SMILES string of the molecule is O.O.O.O.O.O.O=C([O-])c1cc(C(=O)[O-])c(C(=O)[O-])cc1C(=O)[O-].c1cc2ccc1C[NH2+]CCNCC[NH2+]Cc1ccc(cc1)C[NH2+]CCNCC[NH2+]C2. The number of benzene rings is 3. The van der Waals surface area contributed by atoms with Gasteiger partial charge in [-0.25, -0.2) is 0 Å². The molecule has 0 saturated heterocycles. The van der Waals surface area contributed by atoms with Gasteiger partial charge in [-0.3, -0.25) is 0 Å². The average Bonchev–Trinajstić information content (AvgIpc) is 3.07. The van der Waals surface area contributed by atoms with Crippen LogP contribution >= 0.6 is 0 Å². The van der Waals surface area contributed by atoms with E-state index >= 15 is 0 Å². The van der Waals surface area contributed by atoms with Crippen molar-refractivity contribution in [2.75, 3.05) is 52.4 Å². The average molecular weight is 773 g/mol. The Kier molecular flexibility index (Phi) is 31.5. The van der Waals surface area contributed by atoms with Crippen LogP contribution in [0.15, 0.2) is 60.7 Å². The molecule has 54 heavy (non-hydrogen) atoms. The second kappa shape index (κ2) is 30.5. The van der Waals surface area contributed by atoms with Gasteiger partial charge in [0.25, 0.3) is 0 Å². The van der Waals surface area contributed by atoms with Crippen LogP contribution in [-0.2, 0) is 26.2 Å². The first kappa shape index (κ1) is 55.8. The number of hydrogen-bond acceptors (Lipinski definition) is 10. The van der Waals surface area contributed by atoms with E-state index < -0.39 is 46.1 Å². The molecule has 0 aromatic heterocycles. The van der Waals surface area contributed by atoms with E-state index in [2.05, 4.69) is 80.4 Å². The molecule has 0 amide bonds. The van der Waals surface area contributed by atoms with Crippen LogP contribution in [0.4, 0.5) is 0 Å². The Morgan fingerprint density at radius 3 is 0.741 bits per heavy atom. The largest absolute Gasteiger partial charge is 0.545 e. The summed E-state index contributed by atoms with van der Waals surface area (Å²) >= 11 is 0. The highest BCUT2D eigenvalue weighted by Gasteiger charge is 2.13. The van der Waals surface area contributed by atoms with Gasteiger partial charge in [-0.05, 0) is 12.1 Å². The van der Waals surface area contributed by atoms with Crippen LogP contribution in [0.2, 0.25) is 0 Å².